The molecule has 2 rings (SSSR count). The minimum atomic E-state index is -3.87. The average molecular weight is 424 g/mol. The van der Waals surface area contributed by atoms with E-state index in [0.717, 1.165) is 18.2 Å². The van der Waals surface area contributed by atoms with Crippen LogP contribution in [0.5, 0.6) is 5.75 Å². The maximum Gasteiger partial charge on any atom is 0.295 e. The van der Waals surface area contributed by atoms with E-state index in [9.17, 15) is 28.0 Å². The van der Waals surface area contributed by atoms with Crippen LogP contribution in [-0.4, -0.2) is 41.6 Å². The van der Waals surface area contributed by atoms with Gasteiger partial charge in [0.15, 0.2) is 0 Å². The Kier molecular flexibility index (Phi) is 6.88. The molecule has 0 bridgehead atoms. The van der Waals surface area contributed by atoms with Crippen LogP contribution in [0, 0.1) is 15.9 Å². The Balaban J connectivity index is 2.42. The maximum absolute atomic E-state index is 13.4. The molecule has 11 heteroatoms. The molecule has 2 N–H and O–H groups in total. The van der Waals surface area contributed by atoms with Crippen molar-refractivity contribution in [1.82, 2.24) is 4.31 Å². The second-order valence-corrected chi connectivity index (χ2v) is 7.93. The van der Waals surface area contributed by atoms with E-state index in [0.29, 0.717) is 0 Å². The predicted octanol–water partition coefficient (Wildman–Crippen LogP) is 3.31. The zero-order valence-corrected chi connectivity index (χ0v) is 16.9. The van der Waals surface area contributed by atoms with E-state index in [1.54, 1.807) is 13.8 Å². The highest BCUT2D eigenvalue weighted by Gasteiger charge is 2.25. The fraction of sp³-hybridized carbons (Fsp3) is 0.278. The third kappa shape index (κ3) is 4.87. The summed E-state index contributed by atoms with van der Waals surface area (Å²) in [6.07, 6.45) is 0. The molecule has 0 unspecified atom stereocenters. The Labute approximate surface area is 167 Å². The van der Waals surface area contributed by atoms with E-state index >= 15 is 0 Å². The van der Waals surface area contributed by atoms with Crippen LogP contribution in [0.25, 0.3) is 0 Å². The van der Waals surface area contributed by atoms with Crippen molar-refractivity contribution in [1.29, 1.82) is 0 Å². The minimum Gasteiger partial charge on any atom is -0.507 e. The summed E-state index contributed by atoms with van der Waals surface area (Å²) in [4.78, 5) is 10.5. The number of rotatable bonds is 8. The summed E-state index contributed by atoms with van der Waals surface area (Å²) in [7, 11) is -3.87. The first-order valence-corrected chi connectivity index (χ1v) is 10.1. The first-order valence-electron chi connectivity index (χ1n) is 8.69. The van der Waals surface area contributed by atoms with Crippen LogP contribution in [0.3, 0.4) is 0 Å². The van der Waals surface area contributed by atoms with Gasteiger partial charge in [0.2, 0.25) is 10.0 Å². The molecule has 0 aromatic heterocycles. The zero-order valence-electron chi connectivity index (χ0n) is 16.1. The quantitative estimate of drug-likeness (QED) is 0.380. The van der Waals surface area contributed by atoms with Gasteiger partial charge in [0.05, 0.1) is 15.5 Å². The molecule has 9 nitrogen and oxygen atoms in total. The Morgan fingerprint density at radius 3 is 2.48 bits per heavy atom. The molecule has 0 atom stereocenters. The first kappa shape index (κ1) is 22.2. The average Bonchev–Trinajstić information content (AvgIpc) is 2.68. The summed E-state index contributed by atoms with van der Waals surface area (Å²) < 4.78 is 39.8. The van der Waals surface area contributed by atoms with Gasteiger partial charge in [-0.3, -0.25) is 15.5 Å². The largest absolute Gasteiger partial charge is 0.507 e. The number of phenolic OH excluding ortho intramolecular Hbond substituents is 1. The highest BCUT2D eigenvalue weighted by Crippen LogP contribution is 2.29. The number of halogens is 1. The van der Waals surface area contributed by atoms with Crippen LogP contribution in [0.1, 0.15) is 26.3 Å². The number of aromatic hydroxyl groups is 1. The molecule has 0 spiro atoms. The topological polar surface area (TPSA) is 125 Å². The predicted molar refractivity (Wildman–Crippen MR) is 107 cm³/mol. The third-order valence-corrected chi connectivity index (χ3v) is 6.25. The van der Waals surface area contributed by atoms with Crippen molar-refractivity contribution in [2.75, 3.05) is 18.5 Å². The molecule has 0 aliphatic rings. The molecule has 2 aromatic rings. The fourth-order valence-corrected chi connectivity index (χ4v) is 4.11. The number of nitro groups is 1. The second-order valence-electron chi connectivity index (χ2n) is 6.00. The molecule has 0 aliphatic carbocycles. The number of benzene rings is 2. The van der Waals surface area contributed by atoms with Crippen molar-refractivity contribution in [2.45, 2.75) is 25.7 Å². The van der Waals surface area contributed by atoms with Gasteiger partial charge in [0, 0.05) is 24.7 Å². The molecular weight excluding hydrogens is 403 g/mol. The van der Waals surface area contributed by atoms with Gasteiger partial charge in [-0.2, -0.15) is 9.41 Å². The Bertz CT molecular complexity index is 1050. The van der Waals surface area contributed by atoms with Crippen molar-refractivity contribution in [2.24, 2.45) is 5.10 Å². The molecule has 0 radical (unpaired) electrons. The first-order chi connectivity index (χ1) is 13.6. The van der Waals surface area contributed by atoms with Crippen LogP contribution >= 0.6 is 0 Å². The van der Waals surface area contributed by atoms with Crippen LogP contribution in [0.15, 0.2) is 46.4 Å². The van der Waals surface area contributed by atoms with Gasteiger partial charge < -0.3 is 5.11 Å². The molecule has 2 aromatic carbocycles. The number of sulfonamides is 1. The fourth-order valence-electron chi connectivity index (χ4n) is 2.63. The number of hydrogen-bond acceptors (Lipinski definition) is 7. The summed E-state index contributed by atoms with van der Waals surface area (Å²) in [5.74, 6) is -0.783. The Hall–Kier alpha value is -3.05. The lowest BCUT2D eigenvalue weighted by atomic mass is 10.1. The second kappa shape index (κ2) is 8.97. The van der Waals surface area contributed by atoms with Gasteiger partial charge in [0.1, 0.15) is 17.3 Å². The monoisotopic (exact) mass is 424 g/mol. The Morgan fingerprint density at radius 1 is 1.24 bits per heavy atom. The van der Waals surface area contributed by atoms with Gasteiger partial charge in [-0.15, -0.1) is 0 Å². The van der Waals surface area contributed by atoms with Gasteiger partial charge in [-0.25, -0.2) is 12.8 Å². The van der Waals surface area contributed by atoms with Crippen LogP contribution in [-0.2, 0) is 10.0 Å². The third-order valence-electron chi connectivity index (χ3n) is 4.20. The van der Waals surface area contributed by atoms with E-state index in [1.165, 1.54) is 29.4 Å². The standard InChI is InChI=1S/C18H21FN4O5S/c1-4-22(5-2)29(27,28)14-7-8-16(17(11-14)23(25)26)21-20-12(3)15-10-13(19)6-9-18(15)24/h6-11,21,24H,4-5H2,1-3H3/b20-12+. The smallest absolute Gasteiger partial charge is 0.295 e. The lowest BCUT2D eigenvalue weighted by molar-refractivity contribution is -0.384. The summed E-state index contributed by atoms with van der Waals surface area (Å²) in [6, 6.07) is 6.76. The van der Waals surface area contributed by atoms with E-state index in [1.807, 2.05) is 0 Å². The summed E-state index contributed by atoms with van der Waals surface area (Å²) >= 11 is 0. The van der Waals surface area contributed by atoms with Gasteiger partial charge in [-0.05, 0) is 37.3 Å². The van der Waals surface area contributed by atoms with Crippen LogP contribution in [0.4, 0.5) is 15.8 Å². The number of hydrogen-bond donors (Lipinski definition) is 2. The zero-order chi connectivity index (χ0) is 21.8. The van der Waals surface area contributed by atoms with E-state index in [-0.39, 0.29) is 40.7 Å². The molecule has 0 fully saturated rings. The molecule has 29 heavy (non-hydrogen) atoms. The Morgan fingerprint density at radius 2 is 1.90 bits per heavy atom. The maximum atomic E-state index is 13.4. The molecular formula is C18H21FN4O5S. The van der Waals surface area contributed by atoms with Crippen LogP contribution in [0.2, 0.25) is 0 Å². The van der Waals surface area contributed by atoms with Gasteiger partial charge >= 0.3 is 0 Å². The van der Waals surface area contributed by atoms with E-state index < -0.39 is 26.5 Å². The molecule has 156 valence electrons. The number of nitrogens with one attached hydrogen (secondary N) is 1. The number of hydrazone groups is 1. The lowest BCUT2D eigenvalue weighted by Crippen LogP contribution is -2.30. The normalized spacial score (nSPS) is 12.2. The number of anilines is 1. The SMILES string of the molecule is CCN(CC)S(=O)(=O)c1ccc(N/N=C(\C)c2cc(F)ccc2O)c([N+](=O)[O-])c1. The summed E-state index contributed by atoms with van der Waals surface area (Å²) in [5, 5.41) is 25.2. The van der Waals surface area contributed by atoms with Crippen molar-refractivity contribution in [3.63, 3.8) is 0 Å². The number of nitro benzene ring substituents is 1. The molecule has 0 heterocycles. The summed E-state index contributed by atoms with van der Waals surface area (Å²) in [5.41, 5.74) is 2.23. The van der Waals surface area contributed by atoms with Crippen LogP contribution < -0.4 is 5.43 Å². The van der Waals surface area contributed by atoms with Crippen molar-refractivity contribution >= 4 is 27.1 Å². The highest BCUT2D eigenvalue weighted by molar-refractivity contribution is 7.89. The molecule has 0 saturated heterocycles. The molecule has 0 aliphatic heterocycles. The highest BCUT2D eigenvalue weighted by atomic mass is 32.2. The summed E-state index contributed by atoms with van der Waals surface area (Å²) in [6.45, 7) is 5.28. The number of nitrogens with zero attached hydrogens (tertiary/aromatic N) is 3. The number of phenols is 1. The van der Waals surface area contributed by atoms with E-state index in [2.05, 4.69) is 10.5 Å². The minimum absolute atomic E-state index is 0.0521. The molecule has 0 amide bonds. The lowest BCUT2D eigenvalue weighted by Gasteiger charge is -2.18. The van der Waals surface area contributed by atoms with Gasteiger partial charge in [-0.1, -0.05) is 13.8 Å². The van der Waals surface area contributed by atoms with E-state index in [4.69, 9.17) is 0 Å². The van der Waals surface area contributed by atoms with Gasteiger partial charge in [0.25, 0.3) is 5.69 Å². The van der Waals surface area contributed by atoms with Crippen molar-refractivity contribution in [3.8, 4) is 5.75 Å². The van der Waals surface area contributed by atoms with Crippen molar-refractivity contribution < 1.29 is 22.8 Å². The molecule has 0 saturated carbocycles. The van der Waals surface area contributed by atoms with Crippen molar-refractivity contribution in [3.05, 3.63) is 57.9 Å².